The lowest BCUT2D eigenvalue weighted by Gasteiger charge is -2.26. The molecule has 3 aromatic carbocycles. The number of ether oxygens (including phenoxy) is 3. The molecule has 230 valence electrons. The van der Waals surface area contributed by atoms with Gasteiger partial charge in [0, 0.05) is 39.4 Å². The maximum absolute atomic E-state index is 14.7. The van der Waals surface area contributed by atoms with Gasteiger partial charge in [0.05, 0.1) is 43.2 Å². The lowest BCUT2D eigenvalue weighted by molar-refractivity contribution is -0.139. The zero-order valence-corrected chi connectivity index (χ0v) is 26.4. The highest BCUT2D eigenvalue weighted by Gasteiger charge is 2.35. The Bertz CT molecular complexity index is 2180. The molecule has 0 amide bonds. The maximum atomic E-state index is 14.7. The second-order valence-electron chi connectivity index (χ2n) is 10.6. The standard InChI is InChI=1S/C35H32FN3O5S/c1-6-44-34(41)31-20(2)37-35-39(32(31)25-16-15-23(42-4)17-29(25)43-5)33(40)30(45-35)18-26-21(3)38(28-14-10-8-12-24(26)28)19-22-11-7-9-13-27(22)36/h7-18,32H,6,19H2,1-5H3/b30-18-/t32-/m1/s1. The minimum atomic E-state index is -0.841. The van der Waals surface area contributed by atoms with Gasteiger partial charge in [-0.3, -0.25) is 9.36 Å². The number of carbonyl (C=O) groups is 1. The van der Waals surface area contributed by atoms with Crippen LogP contribution in [0.3, 0.4) is 0 Å². The molecule has 0 N–H and O–H groups in total. The minimum Gasteiger partial charge on any atom is -0.497 e. The molecular weight excluding hydrogens is 593 g/mol. The van der Waals surface area contributed by atoms with Gasteiger partial charge in [0.1, 0.15) is 23.4 Å². The number of benzene rings is 3. The molecule has 45 heavy (non-hydrogen) atoms. The van der Waals surface area contributed by atoms with E-state index in [1.165, 1.54) is 29.1 Å². The average molecular weight is 626 g/mol. The van der Waals surface area contributed by atoms with Crippen molar-refractivity contribution in [2.24, 2.45) is 4.99 Å². The van der Waals surface area contributed by atoms with Gasteiger partial charge >= 0.3 is 5.97 Å². The van der Waals surface area contributed by atoms with Crippen LogP contribution in [-0.2, 0) is 16.1 Å². The molecule has 0 saturated carbocycles. The van der Waals surface area contributed by atoms with E-state index in [4.69, 9.17) is 19.2 Å². The summed E-state index contributed by atoms with van der Waals surface area (Å²) in [4.78, 5) is 32.8. The molecule has 0 fully saturated rings. The monoisotopic (exact) mass is 625 g/mol. The number of hydrogen-bond donors (Lipinski definition) is 0. The fraction of sp³-hybridized carbons (Fsp3) is 0.229. The number of allylic oxidation sites excluding steroid dienone is 1. The zero-order valence-electron chi connectivity index (χ0n) is 25.6. The van der Waals surface area contributed by atoms with E-state index < -0.39 is 12.0 Å². The molecule has 0 aliphatic carbocycles. The highest BCUT2D eigenvalue weighted by molar-refractivity contribution is 7.07. The van der Waals surface area contributed by atoms with Crippen molar-refractivity contribution in [3.63, 3.8) is 0 Å². The molecule has 0 radical (unpaired) electrons. The third-order valence-electron chi connectivity index (χ3n) is 8.09. The van der Waals surface area contributed by atoms with Crippen LogP contribution in [0.5, 0.6) is 11.5 Å². The van der Waals surface area contributed by atoms with E-state index in [0.29, 0.717) is 44.2 Å². The van der Waals surface area contributed by atoms with Crippen LogP contribution in [0.2, 0.25) is 0 Å². The smallest absolute Gasteiger partial charge is 0.338 e. The molecule has 1 aliphatic heterocycles. The van der Waals surface area contributed by atoms with E-state index in [1.807, 2.05) is 43.3 Å². The fourth-order valence-corrected chi connectivity index (χ4v) is 6.93. The second-order valence-corrected chi connectivity index (χ2v) is 11.6. The van der Waals surface area contributed by atoms with Crippen molar-refractivity contribution in [3.8, 4) is 11.5 Å². The Morgan fingerprint density at radius 1 is 1.04 bits per heavy atom. The lowest BCUT2D eigenvalue weighted by atomic mass is 9.95. The van der Waals surface area contributed by atoms with Gasteiger partial charge in [-0.1, -0.05) is 47.7 Å². The van der Waals surface area contributed by atoms with Crippen molar-refractivity contribution in [3.05, 3.63) is 126 Å². The number of fused-ring (bicyclic) bond motifs is 2. The van der Waals surface area contributed by atoms with Gasteiger partial charge in [0.25, 0.3) is 5.56 Å². The summed E-state index contributed by atoms with van der Waals surface area (Å²) >= 11 is 1.25. The Hall–Kier alpha value is -4.96. The quantitative estimate of drug-likeness (QED) is 0.220. The fourth-order valence-electron chi connectivity index (χ4n) is 5.90. The SMILES string of the molecule is CCOC(=O)C1=C(C)N=c2s/c(=C\c3c(C)n(Cc4ccccc4F)c4ccccc34)c(=O)n2[C@@H]1c1ccc(OC)cc1OC. The third-order valence-corrected chi connectivity index (χ3v) is 9.08. The van der Waals surface area contributed by atoms with Crippen molar-refractivity contribution < 1.29 is 23.4 Å². The van der Waals surface area contributed by atoms with Gasteiger partial charge in [-0.15, -0.1) is 0 Å². The molecule has 8 nitrogen and oxygen atoms in total. The number of aromatic nitrogens is 2. The van der Waals surface area contributed by atoms with E-state index in [2.05, 4.69) is 4.57 Å². The number of hydrogen-bond acceptors (Lipinski definition) is 7. The van der Waals surface area contributed by atoms with Gasteiger partial charge < -0.3 is 18.8 Å². The Balaban J connectivity index is 1.57. The minimum absolute atomic E-state index is 0.169. The molecule has 0 bridgehead atoms. The molecule has 1 aliphatic rings. The number of methoxy groups -OCH3 is 2. The van der Waals surface area contributed by atoms with Gasteiger partial charge in [-0.05, 0) is 51.1 Å². The van der Waals surface area contributed by atoms with Crippen LogP contribution >= 0.6 is 11.3 Å². The molecule has 2 aromatic heterocycles. The Morgan fingerprint density at radius 3 is 2.53 bits per heavy atom. The number of thiazole rings is 1. The normalized spacial score (nSPS) is 14.8. The highest BCUT2D eigenvalue weighted by atomic mass is 32.1. The number of nitrogens with zero attached hydrogens (tertiary/aromatic N) is 3. The molecule has 0 unspecified atom stereocenters. The lowest BCUT2D eigenvalue weighted by Crippen LogP contribution is -2.40. The highest BCUT2D eigenvalue weighted by Crippen LogP contribution is 2.37. The molecule has 10 heteroatoms. The first kappa shape index (κ1) is 30.1. The first-order valence-corrected chi connectivity index (χ1v) is 15.3. The Labute approximate surface area is 262 Å². The van der Waals surface area contributed by atoms with Crippen LogP contribution in [0, 0.1) is 12.7 Å². The largest absolute Gasteiger partial charge is 0.497 e. The summed E-state index contributed by atoms with van der Waals surface area (Å²) in [6, 6.07) is 19.0. The summed E-state index contributed by atoms with van der Waals surface area (Å²) in [7, 11) is 3.09. The summed E-state index contributed by atoms with van der Waals surface area (Å²) < 4.78 is 35.2. The number of para-hydroxylation sites is 1. The first-order chi connectivity index (χ1) is 21.8. The molecule has 1 atom stereocenters. The van der Waals surface area contributed by atoms with Crippen molar-refractivity contribution in [1.82, 2.24) is 9.13 Å². The third kappa shape index (κ3) is 5.25. The first-order valence-electron chi connectivity index (χ1n) is 14.5. The van der Waals surface area contributed by atoms with Crippen molar-refractivity contribution in [2.75, 3.05) is 20.8 Å². The Kier molecular flexibility index (Phi) is 8.16. The Morgan fingerprint density at radius 2 is 1.80 bits per heavy atom. The van der Waals surface area contributed by atoms with Crippen LogP contribution in [0.25, 0.3) is 17.0 Å². The van der Waals surface area contributed by atoms with E-state index in [1.54, 1.807) is 51.3 Å². The van der Waals surface area contributed by atoms with Crippen LogP contribution in [-0.4, -0.2) is 35.9 Å². The second kappa shape index (κ2) is 12.2. The number of carbonyl (C=O) groups excluding carboxylic acids is 1. The topological polar surface area (TPSA) is 84.1 Å². The van der Waals surface area contributed by atoms with Gasteiger partial charge in [0.2, 0.25) is 0 Å². The molecule has 6 rings (SSSR count). The van der Waals surface area contributed by atoms with Gasteiger partial charge in [-0.25, -0.2) is 14.2 Å². The molecular formula is C35H32FN3O5S. The summed E-state index contributed by atoms with van der Waals surface area (Å²) in [5.74, 6) is 0.204. The summed E-state index contributed by atoms with van der Waals surface area (Å²) in [6.07, 6.45) is 1.87. The van der Waals surface area contributed by atoms with Crippen LogP contribution in [0.4, 0.5) is 4.39 Å². The number of esters is 1. The summed E-state index contributed by atoms with van der Waals surface area (Å²) in [6.45, 7) is 5.96. The molecule has 3 heterocycles. The van der Waals surface area contributed by atoms with Crippen molar-refractivity contribution in [1.29, 1.82) is 0 Å². The predicted octanol–water partition coefficient (Wildman–Crippen LogP) is 5.27. The van der Waals surface area contributed by atoms with E-state index in [9.17, 15) is 14.0 Å². The van der Waals surface area contributed by atoms with Crippen LogP contribution in [0.15, 0.2) is 87.8 Å². The van der Waals surface area contributed by atoms with Crippen LogP contribution in [0.1, 0.15) is 42.3 Å². The molecule has 0 spiro atoms. The number of halogens is 1. The van der Waals surface area contributed by atoms with Crippen molar-refractivity contribution >= 4 is 34.3 Å². The van der Waals surface area contributed by atoms with E-state index in [-0.39, 0.29) is 23.6 Å². The molecule has 5 aromatic rings. The van der Waals surface area contributed by atoms with Gasteiger partial charge in [0.15, 0.2) is 4.80 Å². The van der Waals surface area contributed by atoms with E-state index in [0.717, 1.165) is 22.2 Å². The zero-order chi connectivity index (χ0) is 31.8. The maximum Gasteiger partial charge on any atom is 0.338 e. The van der Waals surface area contributed by atoms with Gasteiger partial charge in [-0.2, -0.15) is 0 Å². The van der Waals surface area contributed by atoms with Crippen LogP contribution < -0.4 is 24.4 Å². The van der Waals surface area contributed by atoms with E-state index >= 15 is 0 Å². The summed E-state index contributed by atoms with van der Waals surface area (Å²) in [5.41, 5.74) is 4.26. The summed E-state index contributed by atoms with van der Waals surface area (Å²) in [5, 5.41) is 0.939. The predicted molar refractivity (Wildman–Crippen MR) is 172 cm³/mol. The number of rotatable bonds is 8. The average Bonchev–Trinajstić information content (AvgIpc) is 3.49. The molecule has 0 saturated heterocycles. The van der Waals surface area contributed by atoms with Crippen molar-refractivity contribution in [2.45, 2.75) is 33.4 Å².